The first-order valence-electron chi connectivity index (χ1n) is 3.61. The molecule has 0 aliphatic rings. The van der Waals surface area contributed by atoms with Gasteiger partial charge in [0.1, 0.15) is 11.8 Å². The molecule has 0 fully saturated rings. The second kappa shape index (κ2) is 4.18. The fourth-order valence-corrected chi connectivity index (χ4v) is 1.31. The van der Waals surface area contributed by atoms with Crippen molar-refractivity contribution in [2.24, 2.45) is 0 Å². The zero-order chi connectivity index (χ0) is 11.5. The van der Waals surface area contributed by atoms with Crippen LogP contribution < -0.4 is 4.72 Å². The number of halogens is 2. The van der Waals surface area contributed by atoms with Crippen molar-refractivity contribution in [3.63, 3.8) is 0 Å². The number of sulfonamides is 1. The molecule has 0 radical (unpaired) electrons. The Kier molecular flexibility index (Phi) is 3.16. The second-order valence-electron chi connectivity index (χ2n) is 2.45. The van der Waals surface area contributed by atoms with Gasteiger partial charge >= 0.3 is 5.76 Å². The number of nitriles is 1. The molecular weight excluding hydrogens is 228 g/mol. The Balaban J connectivity index is 2.96. The number of hydrogen-bond donors (Lipinski definition) is 1. The van der Waals surface area contributed by atoms with Crippen molar-refractivity contribution in [1.29, 1.82) is 5.26 Å². The SMILES string of the molecule is N#Cc1cc(NS(=O)(=O)C(F)F)ccn1. The predicted octanol–water partition coefficient (Wildman–Crippen LogP) is 0.918. The Morgan fingerprint density at radius 2 is 2.20 bits per heavy atom. The summed E-state index contributed by atoms with van der Waals surface area (Å²) in [7, 11) is -4.70. The lowest BCUT2D eigenvalue weighted by atomic mass is 10.3. The third kappa shape index (κ3) is 2.85. The Morgan fingerprint density at radius 3 is 2.73 bits per heavy atom. The zero-order valence-corrected chi connectivity index (χ0v) is 8.00. The van der Waals surface area contributed by atoms with Crippen molar-refractivity contribution < 1.29 is 17.2 Å². The average Bonchev–Trinajstić information content (AvgIpc) is 2.17. The minimum Gasteiger partial charge on any atom is -0.279 e. The first-order valence-corrected chi connectivity index (χ1v) is 5.16. The van der Waals surface area contributed by atoms with Crippen molar-refractivity contribution in [3.8, 4) is 6.07 Å². The zero-order valence-electron chi connectivity index (χ0n) is 7.18. The molecule has 0 saturated heterocycles. The Hall–Kier alpha value is -1.75. The smallest absolute Gasteiger partial charge is 0.279 e. The molecule has 1 rings (SSSR count). The lowest BCUT2D eigenvalue weighted by Crippen LogP contribution is -2.20. The molecule has 0 spiro atoms. The highest BCUT2D eigenvalue weighted by Gasteiger charge is 2.23. The molecule has 15 heavy (non-hydrogen) atoms. The van der Waals surface area contributed by atoms with Gasteiger partial charge in [0.15, 0.2) is 0 Å². The van der Waals surface area contributed by atoms with Gasteiger partial charge in [-0.15, -0.1) is 0 Å². The van der Waals surface area contributed by atoms with Crippen LogP contribution >= 0.6 is 0 Å². The van der Waals surface area contributed by atoms with Crippen LogP contribution in [-0.4, -0.2) is 19.2 Å². The average molecular weight is 233 g/mol. The standard InChI is InChI=1S/C7H5F2N3O2S/c8-7(9)15(13,14)12-5-1-2-11-6(3-5)4-10/h1-3,7H,(H,11,12). The van der Waals surface area contributed by atoms with E-state index in [2.05, 4.69) is 4.98 Å². The second-order valence-corrected chi connectivity index (χ2v) is 4.10. The molecule has 0 bridgehead atoms. The van der Waals surface area contributed by atoms with E-state index in [9.17, 15) is 17.2 Å². The molecule has 1 aromatic heterocycles. The van der Waals surface area contributed by atoms with Crippen molar-refractivity contribution in [1.82, 2.24) is 4.98 Å². The lowest BCUT2D eigenvalue weighted by Gasteiger charge is -2.05. The van der Waals surface area contributed by atoms with E-state index in [0.717, 1.165) is 12.3 Å². The van der Waals surface area contributed by atoms with Crippen LogP contribution in [0.5, 0.6) is 0 Å². The summed E-state index contributed by atoms with van der Waals surface area (Å²) in [6.07, 6.45) is 1.14. The highest BCUT2D eigenvalue weighted by atomic mass is 32.2. The van der Waals surface area contributed by atoms with Gasteiger partial charge in [0.05, 0.1) is 5.69 Å². The summed E-state index contributed by atoms with van der Waals surface area (Å²) in [5.74, 6) is -3.52. The van der Waals surface area contributed by atoms with E-state index in [0.29, 0.717) is 0 Å². The first kappa shape index (κ1) is 11.3. The largest absolute Gasteiger partial charge is 0.355 e. The molecule has 1 N–H and O–H groups in total. The Labute approximate surface area is 84.4 Å². The molecular formula is C7H5F2N3O2S. The fourth-order valence-electron chi connectivity index (χ4n) is 0.764. The molecule has 0 aliphatic carbocycles. The van der Waals surface area contributed by atoms with Crippen molar-refractivity contribution >= 4 is 15.7 Å². The van der Waals surface area contributed by atoms with E-state index in [4.69, 9.17) is 5.26 Å². The van der Waals surface area contributed by atoms with E-state index in [1.165, 1.54) is 6.07 Å². The van der Waals surface area contributed by atoms with Gasteiger partial charge in [0, 0.05) is 6.20 Å². The van der Waals surface area contributed by atoms with Crippen LogP contribution in [0.4, 0.5) is 14.5 Å². The Morgan fingerprint density at radius 1 is 1.53 bits per heavy atom. The van der Waals surface area contributed by atoms with Gasteiger partial charge in [-0.25, -0.2) is 13.4 Å². The number of aromatic nitrogens is 1. The van der Waals surface area contributed by atoms with Crippen LogP contribution in [0.15, 0.2) is 18.3 Å². The molecule has 0 amide bonds. The van der Waals surface area contributed by atoms with Gasteiger partial charge in [-0.1, -0.05) is 0 Å². The number of anilines is 1. The molecule has 0 unspecified atom stereocenters. The summed E-state index contributed by atoms with van der Waals surface area (Å²) in [4.78, 5) is 3.55. The highest BCUT2D eigenvalue weighted by molar-refractivity contribution is 7.93. The Bertz CT molecular complexity index is 495. The normalized spacial score (nSPS) is 11.1. The third-order valence-electron chi connectivity index (χ3n) is 1.37. The summed E-state index contributed by atoms with van der Waals surface area (Å²) >= 11 is 0. The number of nitrogens with one attached hydrogen (secondary N) is 1. The van der Waals surface area contributed by atoms with E-state index >= 15 is 0 Å². The van der Waals surface area contributed by atoms with Crippen molar-refractivity contribution in [2.75, 3.05) is 4.72 Å². The molecule has 0 saturated carbocycles. The van der Waals surface area contributed by atoms with E-state index in [1.807, 2.05) is 0 Å². The quantitative estimate of drug-likeness (QED) is 0.841. The van der Waals surface area contributed by atoms with Crippen molar-refractivity contribution in [2.45, 2.75) is 5.76 Å². The van der Waals surface area contributed by atoms with Crippen LogP contribution in [-0.2, 0) is 10.0 Å². The molecule has 0 atom stereocenters. The van der Waals surface area contributed by atoms with Crippen LogP contribution in [0.1, 0.15) is 5.69 Å². The lowest BCUT2D eigenvalue weighted by molar-refractivity contribution is 0.236. The van der Waals surface area contributed by atoms with Crippen LogP contribution in [0.2, 0.25) is 0 Å². The van der Waals surface area contributed by atoms with E-state index in [-0.39, 0.29) is 11.4 Å². The van der Waals surface area contributed by atoms with Gasteiger partial charge in [0.2, 0.25) is 0 Å². The summed E-state index contributed by atoms with van der Waals surface area (Å²) in [5.41, 5.74) is -0.189. The summed E-state index contributed by atoms with van der Waals surface area (Å²) in [5, 5.41) is 8.43. The predicted molar refractivity (Wildman–Crippen MR) is 47.5 cm³/mol. The number of alkyl halides is 2. The molecule has 5 nitrogen and oxygen atoms in total. The summed E-state index contributed by atoms with van der Waals surface area (Å²) < 4.78 is 47.0. The van der Waals surface area contributed by atoms with Crippen molar-refractivity contribution in [3.05, 3.63) is 24.0 Å². The van der Waals surface area contributed by atoms with Gasteiger partial charge in [0.25, 0.3) is 10.0 Å². The number of rotatable bonds is 3. The van der Waals surface area contributed by atoms with Gasteiger partial charge in [-0.2, -0.15) is 14.0 Å². The maximum absolute atomic E-state index is 11.9. The van der Waals surface area contributed by atoms with Crippen LogP contribution in [0.25, 0.3) is 0 Å². The third-order valence-corrected chi connectivity index (χ3v) is 2.36. The fraction of sp³-hybridized carbons (Fsp3) is 0.143. The molecule has 1 aromatic rings. The molecule has 1 heterocycles. The first-order chi connectivity index (χ1) is 6.95. The van der Waals surface area contributed by atoms with Gasteiger partial charge < -0.3 is 0 Å². The number of pyridine rings is 1. The number of nitrogens with zero attached hydrogens (tertiary/aromatic N) is 2. The van der Waals surface area contributed by atoms with E-state index < -0.39 is 15.8 Å². The van der Waals surface area contributed by atoms with Gasteiger partial charge in [-0.05, 0) is 12.1 Å². The molecule has 0 aromatic carbocycles. The molecule has 80 valence electrons. The minimum absolute atomic E-state index is 0.0653. The maximum Gasteiger partial charge on any atom is 0.355 e. The maximum atomic E-state index is 11.9. The van der Waals surface area contributed by atoms with Crippen LogP contribution in [0, 0.1) is 11.3 Å². The number of hydrogen-bond acceptors (Lipinski definition) is 4. The molecule has 0 aliphatic heterocycles. The highest BCUT2D eigenvalue weighted by Crippen LogP contribution is 2.13. The summed E-state index contributed by atoms with van der Waals surface area (Å²) in [6.45, 7) is 0. The monoisotopic (exact) mass is 233 g/mol. The van der Waals surface area contributed by atoms with E-state index in [1.54, 1.807) is 10.8 Å². The minimum atomic E-state index is -4.70. The summed E-state index contributed by atoms with van der Waals surface area (Å²) in [6, 6.07) is 3.87. The topological polar surface area (TPSA) is 82.9 Å². The molecule has 8 heteroatoms. The van der Waals surface area contributed by atoms with Gasteiger partial charge in [-0.3, -0.25) is 4.72 Å². The van der Waals surface area contributed by atoms with Crippen LogP contribution in [0.3, 0.4) is 0 Å².